The number of ether oxygens (including phenoxy) is 1. The van der Waals surface area contributed by atoms with Gasteiger partial charge < -0.3 is 25.2 Å². The van der Waals surface area contributed by atoms with E-state index in [2.05, 4.69) is 5.32 Å². The van der Waals surface area contributed by atoms with Gasteiger partial charge in [0.05, 0.1) is 23.6 Å². The van der Waals surface area contributed by atoms with Gasteiger partial charge >= 0.3 is 0 Å². The lowest BCUT2D eigenvalue weighted by atomic mass is 9.46. The Morgan fingerprint density at radius 3 is 2.89 bits per heavy atom. The van der Waals surface area contributed by atoms with E-state index in [1.54, 1.807) is 18.2 Å². The van der Waals surface area contributed by atoms with Crippen molar-refractivity contribution in [1.29, 1.82) is 0 Å². The van der Waals surface area contributed by atoms with Crippen LogP contribution in [0.5, 0.6) is 11.5 Å². The Balaban J connectivity index is 1.32. The highest BCUT2D eigenvalue weighted by Crippen LogP contribution is 2.66. The normalized spacial score (nSPS) is 38.2. The molecule has 0 aromatic heterocycles. The van der Waals surface area contributed by atoms with Crippen LogP contribution < -0.4 is 10.1 Å². The van der Waals surface area contributed by atoms with Gasteiger partial charge in [-0.15, -0.1) is 0 Å². The van der Waals surface area contributed by atoms with Crippen LogP contribution in [0, 0.1) is 17.7 Å². The largest absolute Gasteiger partial charge is 0.504 e. The maximum Gasteiger partial charge on any atom is 0.255 e. The number of phenols is 1. The zero-order valence-electron chi connectivity index (χ0n) is 19.5. The molecule has 6 aliphatic rings. The third kappa shape index (κ3) is 2.39. The summed E-state index contributed by atoms with van der Waals surface area (Å²) in [5.74, 6) is 0.689. The summed E-state index contributed by atoms with van der Waals surface area (Å²) in [7, 11) is 0. The van der Waals surface area contributed by atoms with E-state index in [9.17, 15) is 19.4 Å². The Kier molecular flexibility index (Phi) is 3.85. The molecule has 2 bridgehead atoms. The molecule has 0 radical (unpaired) electrons. The fourth-order valence-corrected chi connectivity index (χ4v) is 8.52. The van der Waals surface area contributed by atoms with E-state index in [4.69, 9.17) is 4.74 Å². The lowest BCUT2D eigenvalue weighted by Crippen LogP contribution is -2.79. The molecule has 3 fully saturated rings. The van der Waals surface area contributed by atoms with E-state index in [1.165, 1.54) is 18.9 Å². The molecule has 3 N–H and O–H groups in total. The van der Waals surface area contributed by atoms with Crippen molar-refractivity contribution >= 4 is 5.91 Å². The Morgan fingerprint density at radius 2 is 2.09 bits per heavy atom. The second kappa shape index (κ2) is 6.56. The van der Waals surface area contributed by atoms with Gasteiger partial charge in [-0.05, 0) is 67.8 Å². The fraction of sp³-hybridized carbons (Fsp3) is 0.536. The number of fused-ring (bicyclic) bond motifs is 1. The number of phenolic OH excluding ortho intramolecular Hbond substituents is 1. The third-order valence-electron chi connectivity index (χ3n) is 10.1. The molecule has 2 aromatic rings. The van der Waals surface area contributed by atoms with Crippen molar-refractivity contribution in [2.45, 2.75) is 74.3 Å². The summed E-state index contributed by atoms with van der Waals surface area (Å²) in [4.78, 5) is 15.5. The van der Waals surface area contributed by atoms with E-state index in [-0.39, 0.29) is 42.0 Å². The van der Waals surface area contributed by atoms with Crippen molar-refractivity contribution in [2.24, 2.45) is 11.8 Å². The van der Waals surface area contributed by atoms with E-state index >= 15 is 0 Å². The van der Waals surface area contributed by atoms with Gasteiger partial charge in [0.1, 0.15) is 11.9 Å². The highest BCUT2D eigenvalue weighted by atomic mass is 19.1. The maximum absolute atomic E-state index is 14.8. The first kappa shape index (κ1) is 20.5. The molecule has 2 saturated carbocycles. The summed E-state index contributed by atoms with van der Waals surface area (Å²) in [6.07, 6.45) is 4.72. The monoisotopic (exact) mass is 476 g/mol. The zero-order chi connectivity index (χ0) is 23.7. The minimum Gasteiger partial charge on any atom is -0.504 e. The van der Waals surface area contributed by atoms with E-state index in [0.717, 1.165) is 24.1 Å². The fourth-order valence-electron chi connectivity index (χ4n) is 8.52. The maximum atomic E-state index is 14.8. The number of aromatic hydroxyl groups is 1. The summed E-state index contributed by atoms with van der Waals surface area (Å²) in [6.45, 7) is 0.960. The average Bonchev–Trinajstić information content (AvgIpc) is 3.48. The predicted octanol–water partition coefficient (Wildman–Crippen LogP) is 3.02. The van der Waals surface area contributed by atoms with Crippen molar-refractivity contribution in [3.63, 3.8) is 0 Å². The Bertz CT molecular complexity index is 1290. The van der Waals surface area contributed by atoms with Gasteiger partial charge in [0.15, 0.2) is 11.5 Å². The number of halogens is 1. The number of amides is 1. The van der Waals surface area contributed by atoms with Gasteiger partial charge in [-0.25, -0.2) is 4.39 Å². The number of piperidine rings is 1. The first-order valence-electron chi connectivity index (χ1n) is 13.0. The number of hydrogen-bond donors (Lipinski definition) is 3. The third-order valence-corrected chi connectivity index (χ3v) is 10.1. The predicted molar refractivity (Wildman–Crippen MR) is 125 cm³/mol. The highest BCUT2D eigenvalue weighted by Gasteiger charge is 2.74. The number of carbonyl (C=O) groups is 1. The van der Waals surface area contributed by atoms with Gasteiger partial charge in [0, 0.05) is 22.7 Å². The number of nitrogens with one attached hydrogen (secondary N) is 1. The summed E-state index contributed by atoms with van der Waals surface area (Å²) in [6, 6.07) is 7.97. The Morgan fingerprint density at radius 1 is 1.23 bits per heavy atom. The van der Waals surface area contributed by atoms with Crippen LogP contribution in [0.2, 0.25) is 0 Å². The Hall–Kier alpha value is -2.64. The number of benzene rings is 2. The van der Waals surface area contributed by atoms with E-state index in [1.807, 2.05) is 11.0 Å². The van der Waals surface area contributed by atoms with Crippen LogP contribution in [0.1, 0.15) is 59.2 Å². The standard InChI is InChI=1S/C28H29FN2O4/c29-19-3-1-2-17-18(19)13-31(26(17)33)23-16(10-14-4-5-14)12-28(34)21-11-15-6-7-20(32)24-22(15)27(28,8-9-30-21)25(23)35-24/h1-3,6-7,14,16,21,23,25,30,32,34H,4-5,8-13H2/t16?,21-,23-,25+,27+,28-/m1/s1. The molecule has 2 aromatic carbocycles. The number of rotatable bonds is 3. The van der Waals surface area contributed by atoms with Crippen LogP contribution >= 0.6 is 0 Å². The second-order valence-corrected chi connectivity index (χ2v) is 11.7. The molecule has 1 spiro atoms. The lowest BCUT2D eigenvalue weighted by molar-refractivity contribution is -0.185. The molecule has 182 valence electrons. The quantitative estimate of drug-likeness (QED) is 0.635. The summed E-state index contributed by atoms with van der Waals surface area (Å²) in [5.41, 5.74) is 1.18. The molecule has 3 heterocycles. The molecular formula is C28H29FN2O4. The number of hydrogen-bond acceptors (Lipinski definition) is 5. The van der Waals surface area contributed by atoms with Crippen molar-refractivity contribution < 1.29 is 24.1 Å². The number of nitrogens with zero attached hydrogens (tertiary/aromatic N) is 1. The molecule has 7 heteroatoms. The number of aliphatic hydroxyl groups is 1. The first-order valence-corrected chi connectivity index (χ1v) is 13.0. The second-order valence-electron chi connectivity index (χ2n) is 11.7. The molecule has 35 heavy (non-hydrogen) atoms. The Labute approximate surface area is 203 Å². The first-order chi connectivity index (χ1) is 16.9. The molecule has 8 rings (SSSR count). The lowest BCUT2D eigenvalue weighted by Gasteiger charge is -2.64. The van der Waals surface area contributed by atoms with Gasteiger partial charge in [-0.2, -0.15) is 0 Å². The van der Waals surface area contributed by atoms with Gasteiger partial charge in [-0.1, -0.05) is 25.0 Å². The van der Waals surface area contributed by atoms with Crippen molar-refractivity contribution in [3.05, 3.63) is 58.4 Å². The van der Waals surface area contributed by atoms with Crippen LogP contribution in [-0.4, -0.2) is 51.4 Å². The molecular weight excluding hydrogens is 447 g/mol. The SMILES string of the molecule is O=C1c2cccc(F)c2CN1[C@@H]1C(CC2CC2)C[C@@]2(O)[C@H]3Cc4ccc(O)c5c4[C@@]2(CCN3)[C@H]1O5. The molecule has 6 atom stereocenters. The van der Waals surface area contributed by atoms with Gasteiger partial charge in [-0.3, -0.25) is 4.79 Å². The van der Waals surface area contributed by atoms with Gasteiger partial charge in [0.25, 0.3) is 5.91 Å². The highest BCUT2D eigenvalue weighted by molar-refractivity contribution is 5.98. The summed E-state index contributed by atoms with van der Waals surface area (Å²) >= 11 is 0. The topological polar surface area (TPSA) is 82.0 Å². The van der Waals surface area contributed by atoms with Crippen LogP contribution in [0.15, 0.2) is 30.3 Å². The van der Waals surface area contributed by atoms with Crippen molar-refractivity contribution in [2.75, 3.05) is 6.54 Å². The van der Waals surface area contributed by atoms with Crippen molar-refractivity contribution in [3.8, 4) is 11.5 Å². The molecule has 3 aliphatic heterocycles. The molecule has 1 saturated heterocycles. The average molecular weight is 477 g/mol. The van der Waals surface area contributed by atoms with Crippen LogP contribution in [0.3, 0.4) is 0 Å². The smallest absolute Gasteiger partial charge is 0.255 e. The minimum absolute atomic E-state index is 0.0346. The van der Waals surface area contributed by atoms with Crippen LogP contribution in [0.4, 0.5) is 4.39 Å². The molecule has 1 amide bonds. The summed E-state index contributed by atoms with van der Waals surface area (Å²) < 4.78 is 21.4. The molecule has 1 unspecified atom stereocenters. The number of carbonyl (C=O) groups excluding carboxylic acids is 1. The zero-order valence-corrected chi connectivity index (χ0v) is 19.5. The van der Waals surface area contributed by atoms with Crippen molar-refractivity contribution in [1.82, 2.24) is 10.2 Å². The van der Waals surface area contributed by atoms with Gasteiger partial charge in [0.2, 0.25) is 0 Å². The van der Waals surface area contributed by atoms with Crippen LogP contribution in [0.25, 0.3) is 0 Å². The van der Waals surface area contributed by atoms with E-state index in [0.29, 0.717) is 42.1 Å². The minimum atomic E-state index is -1.03. The van der Waals surface area contributed by atoms with Crippen LogP contribution in [-0.2, 0) is 18.4 Å². The molecule has 6 nitrogen and oxygen atoms in total. The molecule has 3 aliphatic carbocycles. The van der Waals surface area contributed by atoms with E-state index < -0.39 is 17.1 Å². The summed E-state index contributed by atoms with van der Waals surface area (Å²) in [5, 5.41) is 27.0.